The van der Waals surface area contributed by atoms with Gasteiger partial charge in [0.15, 0.2) is 0 Å². The Morgan fingerprint density at radius 2 is 1.39 bits per heavy atom. The molecule has 7 heteroatoms. The van der Waals surface area contributed by atoms with E-state index in [1.807, 2.05) is 39.8 Å². The summed E-state index contributed by atoms with van der Waals surface area (Å²) in [5, 5.41) is 0.701. The average Bonchev–Trinajstić information content (AvgIpc) is 2.76. The highest BCUT2D eigenvalue weighted by atomic mass is 35.5. The minimum absolute atomic E-state index is 0.0184. The van der Waals surface area contributed by atoms with Gasteiger partial charge in [0.1, 0.15) is 5.75 Å². The molecule has 3 aromatic rings. The summed E-state index contributed by atoms with van der Waals surface area (Å²) in [6, 6.07) is 17.0. The Morgan fingerprint density at radius 1 is 0.879 bits per heavy atom. The predicted octanol–water partition coefficient (Wildman–Crippen LogP) is 6.15. The highest BCUT2D eigenvalue weighted by Crippen LogP contribution is 2.27. The van der Waals surface area contributed by atoms with Gasteiger partial charge in [-0.05, 0) is 81.6 Å². The largest absolute Gasteiger partial charge is 0.494 e. The third kappa shape index (κ3) is 5.95. The molecule has 0 saturated carbocycles. The van der Waals surface area contributed by atoms with Gasteiger partial charge >= 0.3 is 0 Å². The first-order valence-electron chi connectivity index (χ1n) is 10.7. The van der Waals surface area contributed by atoms with E-state index in [0.29, 0.717) is 22.9 Å². The van der Waals surface area contributed by atoms with E-state index in [1.165, 1.54) is 12.1 Å². The minimum Gasteiger partial charge on any atom is -0.494 e. The summed E-state index contributed by atoms with van der Waals surface area (Å²) >= 11 is 6.19. The zero-order valence-corrected chi connectivity index (χ0v) is 20.8. The summed E-state index contributed by atoms with van der Waals surface area (Å²) in [7, 11) is -4.06. The van der Waals surface area contributed by atoms with Gasteiger partial charge in [-0.15, -0.1) is 0 Å². The normalized spacial score (nSPS) is 11.3. The van der Waals surface area contributed by atoms with E-state index in [-0.39, 0.29) is 17.9 Å². The second kappa shape index (κ2) is 10.4. The highest BCUT2D eigenvalue weighted by Gasteiger charge is 2.30. The summed E-state index contributed by atoms with van der Waals surface area (Å²) in [5.74, 6) is 0.163. The lowest BCUT2D eigenvalue weighted by Gasteiger charge is -2.23. The fourth-order valence-electron chi connectivity index (χ4n) is 3.42. The third-order valence-electron chi connectivity index (χ3n) is 5.27. The molecule has 0 fully saturated rings. The molecule has 0 aromatic heterocycles. The fraction of sp³-hybridized carbons (Fsp3) is 0.269. The molecule has 0 radical (unpaired) electrons. The van der Waals surface area contributed by atoms with Crippen LogP contribution in [-0.2, 0) is 14.8 Å². The first-order valence-corrected chi connectivity index (χ1v) is 12.5. The van der Waals surface area contributed by atoms with E-state index >= 15 is 0 Å². The van der Waals surface area contributed by atoms with Gasteiger partial charge in [0.2, 0.25) is 5.91 Å². The molecule has 0 aliphatic rings. The van der Waals surface area contributed by atoms with Gasteiger partial charge in [0, 0.05) is 11.4 Å². The van der Waals surface area contributed by atoms with Crippen molar-refractivity contribution in [3.63, 3.8) is 0 Å². The van der Waals surface area contributed by atoms with Gasteiger partial charge in [-0.3, -0.25) is 4.79 Å². The van der Waals surface area contributed by atoms with Crippen LogP contribution >= 0.6 is 11.6 Å². The lowest BCUT2D eigenvalue weighted by atomic mass is 10.1. The quantitative estimate of drug-likeness (QED) is 0.359. The molecule has 3 aromatic carbocycles. The second-order valence-electron chi connectivity index (χ2n) is 8.13. The van der Waals surface area contributed by atoms with Crippen molar-refractivity contribution in [2.45, 2.75) is 45.4 Å². The van der Waals surface area contributed by atoms with Crippen LogP contribution in [0.4, 0.5) is 5.69 Å². The lowest BCUT2D eigenvalue weighted by Crippen LogP contribution is -2.37. The number of anilines is 1. The smallest absolute Gasteiger partial charge is 0.270 e. The first kappa shape index (κ1) is 24.8. The zero-order valence-electron chi connectivity index (χ0n) is 19.3. The first-order chi connectivity index (χ1) is 15.6. The molecule has 0 atom stereocenters. The molecule has 0 bridgehead atoms. The number of hydrogen-bond donors (Lipinski definition) is 0. The molecule has 33 heavy (non-hydrogen) atoms. The number of carbonyl (C=O) groups excluding carboxylic acids is 1. The number of amides is 1. The van der Waals surface area contributed by atoms with Crippen molar-refractivity contribution >= 4 is 33.2 Å². The van der Waals surface area contributed by atoms with Gasteiger partial charge < -0.3 is 4.74 Å². The zero-order chi connectivity index (χ0) is 24.2. The topological polar surface area (TPSA) is 63.7 Å². The average molecular weight is 486 g/mol. The number of ether oxygens (including phenoxy) is 1. The SMILES string of the molecule is Cc1ccc(N(C(=O)CCCOc2cc(C)c(Cl)c(C)c2)S(=O)(=O)c2ccc(C)cc2)cc1. The molecule has 0 spiro atoms. The Hall–Kier alpha value is -2.83. The van der Waals surface area contributed by atoms with Gasteiger partial charge in [-0.25, -0.2) is 12.7 Å². The summed E-state index contributed by atoms with van der Waals surface area (Å²) in [4.78, 5) is 13.2. The number of benzene rings is 3. The van der Waals surface area contributed by atoms with Crippen molar-refractivity contribution in [2.24, 2.45) is 0 Å². The predicted molar refractivity (Wildman–Crippen MR) is 133 cm³/mol. The summed E-state index contributed by atoms with van der Waals surface area (Å²) in [5.41, 5.74) is 4.05. The maximum Gasteiger partial charge on any atom is 0.270 e. The van der Waals surface area contributed by atoms with Crippen LogP contribution in [0.2, 0.25) is 5.02 Å². The Balaban J connectivity index is 1.77. The molecular weight excluding hydrogens is 458 g/mol. The summed E-state index contributed by atoms with van der Waals surface area (Å²) in [6.07, 6.45) is 0.385. The second-order valence-corrected chi connectivity index (χ2v) is 10.3. The van der Waals surface area contributed by atoms with Crippen LogP contribution < -0.4 is 9.04 Å². The Bertz CT molecular complexity index is 1210. The molecule has 174 valence electrons. The number of carbonyl (C=O) groups is 1. The molecule has 0 saturated heterocycles. The molecule has 0 aliphatic heterocycles. The van der Waals surface area contributed by atoms with Gasteiger partial charge in [-0.1, -0.05) is 47.0 Å². The van der Waals surface area contributed by atoms with Crippen molar-refractivity contribution in [3.8, 4) is 5.75 Å². The maximum atomic E-state index is 13.4. The summed E-state index contributed by atoms with van der Waals surface area (Å²) in [6.45, 7) is 7.87. The molecule has 1 amide bonds. The highest BCUT2D eigenvalue weighted by molar-refractivity contribution is 7.93. The minimum atomic E-state index is -4.06. The van der Waals surface area contributed by atoms with Crippen LogP contribution in [0.1, 0.15) is 35.1 Å². The Labute approximate surface area is 201 Å². The summed E-state index contributed by atoms with van der Waals surface area (Å²) < 4.78 is 33.5. The van der Waals surface area contributed by atoms with Gasteiger partial charge in [-0.2, -0.15) is 0 Å². The van der Waals surface area contributed by atoms with Crippen molar-refractivity contribution in [3.05, 3.63) is 87.9 Å². The molecule has 3 rings (SSSR count). The van der Waals surface area contributed by atoms with E-state index in [4.69, 9.17) is 16.3 Å². The fourth-order valence-corrected chi connectivity index (χ4v) is 4.98. The third-order valence-corrected chi connectivity index (χ3v) is 7.63. The molecule has 0 aliphatic carbocycles. The van der Waals surface area contributed by atoms with Crippen LogP contribution in [0.25, 0.3) is 0 Å². The van der Waals surface area contributed by atoms with Crippen molar-refractivity contribution in [1.29, 1.82) is 0 Å². The van der Waals surface area contributed by atoms with E-state index in [1.54, 1.807) is 36.4 Å². The number of rotatable bonds is 8. The molecule has 5 nitrogen and oxygen atoms in total. The van der Waals surface area contributed by atoms with E-state index in [9.17, 15) is 13.2 Å². The number of halogens is 1. The van der Waals surface area contributed by atoms with Gasteiger partial charge in [0.25, 0.3) is 10.0 Å². The van der Waals surface area contributed by atoms with Crippen LogP contribution in [0.3, 0.4) is 0 Å². The molecular formula is C26H28ClNO4S. The van der Waals surface area contributed by atoms with E-state index in [0.717, 1.165) is 26.6 Å². The number of aryl methyl sites for hydroxylation is 4. The van der Waals surface area contributed by atoms with Gasteiger partial charge in [0.05, 0.1) is 17.2 Å². The number of nitrogens with zero attached hydrogens (tertiary/aromatic N) is 1. The number of hydrogen-bond acceptors (Lipinski definition) is 4. The standard InChI is InChI=1S/C26H28ClNO4S/c1-18-7-11-22(12-8-18)28(33(30,31)24-13-9-19(2)10-14-24)25(29)6-5-15-32-23-16-20(3)26(27)21(4)17-23/h7-14,16-17H,5-6,15H2,1-4H3. The van der Waals surface area contributed by atoms with E-state index < -0.39 is 15.9 Å². The van der Waals surface area contributed by atoms with Crippen molar-refractivity contribution < 1.29 is 17.9 Å². The maximum absolute atomic E-state index is 13.4. The van der Waals surface area contributed by atoms with Crippen LogP contribution in [-0.4, -0.2) is 20.9 Å². The van der Waals surface area contributed by atoms with Crippen molar-refractivity contribution in [2.75, 3.05) is 10.9 Å². The van der Waals surface area contributed by atoms with E-state index in [2.05, 4.69) is 0 Å². The molecule has 0 N–H and O–H groups in total. The Morgan fingerprint density at radius 3 is 1.94 bits per heavy atom. The van der Waals surface area contributed by atoms with Crippen LogP contribution in [0.5, 0.6) is 5.75 Å². The molecule has 0 unspecified atom stereocenters. The molecule has 0 heterocycles. The Kier molecular flexibility index (Phi) is 7.82. The van der Waals surface area contributed by atoms with Crippen LogP contribution in [0.15, 0.2) is 65.6 Å². The van der Waals surface area contributed by atoms with Crippen LogP contribution in [0, 0.1) is 27.7 Å². The van der Waals surface area contributed by atoms with Crippen molar-refractivity contribution in [1.82, 2.24) is 0 Å². The lowest BCUT2D eigenvalue weighted by molar-refractivity contribution is -0.117. The monoisotopic (exact) mass is 485 g/mol. The number of sulfonamides is 1.